The molecule has 0 unspecified atom stereocenters. The summed E-state index contributed by atoms with van der Waals surface area (Å²) < 4.78 is 12.5. The summed E-state index contributed by atoms with van der Waals surface area (Å²) in [7, 11) is 3.25. The zero-order chi connectivity index (χ0) is 22.0. The molecule has 0 spiro atoms. The molecule has 162 valence electrons. The van der Waals surface area contributed by atoms with Gasteiger partial charge in [0.15, 0.2) is 11.5 Å². The number of thioether (sulfide) groups is 1. The molecule has 1 amide bonds. The van der Waals surface area contributed by atoms with Crippen LogP contribution in [0.15, 0.2) is 35.5 Å². The molecule has 0 saturated carbocycles. The van der Waals surface area contributed by atoms with Gasteiger partial charge in [0.05, 0.1) is 25.7 Å². The van der Waals surface area contributed by atoms with Gasteiger partial charge in [-0.3, -0.25) is 4.79 Å². The minimum atomic E-state index is 0.0561. The number of nitrogens with zero attached hydrogens (tertiary/aromatic N) is 5. The molecule has 9 heteroatoms. The van der Waals surface area contributed by atoms with Gasteiger partial charge in [-0.15, -0.1) is 5.10 Å². The van der Waals surface area contributed by atoms with Crippen LogP contribution in [-0.4, -0.2) is 57.5 Å². The molecule has 4 rings (SSSR count). The van der Waals surface area contributed by atoms with Crippen molar-refractivity contribution < 1.29 is 14.3 Å². The van der Waals surface area contributed by atoms with E-state index in [-0.39, 0.29) is 11.7 Å². The van der Waals surface area contributed by atoms with Crippen LogP contribution in [0.4, 0.5) is 0 Å². The lowest BCUT2D eigenvalue weighted by atomic mass is 9.99. The van der Waals surface area contributed by atoms with Crippen molar-refractivity contribution in [3.05, 3.63) is 52.6 Å². The summed E-state index contributed by atoms with van der Waals surface area (Å²) in [5.41, 5.74) is 5.45. The predicted molar refractivity (Wildman–Crippen MR) is 118 cm³/mol. The van der Waals surface area contributed by atoms with Crippen molar-refractivity contribution >= 4 is 17.7 Å². The zero-order valence-electron chi connectivity index (χ0n) is 18.1. The van der Waals surface area contributed by atoms with E-state index in [0.717, 1.165) is 29.0 Å². The van der Waals surface area contributed by atoms with Gasteiger partial charge in [0, 0.05) is 13.1 Å². The van der Waals surface area contributed by atoms with E-state index in [1.807, 2.05) is 43.0 Å². The van der Waals surface area contributed by atoms with Crippen LogP contribution in [0.1, 0.15) is 22.3 Å². The molecule has 2 heterocycles. The Balaban J connectivity index is 1.45. The lowest BCUT2D eigenvalue weighted by molar-refractivity contribution is -0.129. The van der Waals surface area contributed by atoms with Gasteiger partial charge in [0.2, 0.25) is 11.1 Å². The lowest BCUT2D eigenvalue weighted by Crippen LogP contribution is -2.37. The Kier molecular flexibility index (Phi) is 6.13. The van der Waals surface area contributed by atoms with E-state index in [1.165, 1.54) is 22.9 Å². The fourth-order valence-corrected chi connectivity index (χ4v) is 4.56. The molecule has 3 aromatic rings. The fourth-order valence-electron chi connectivity index (χ4n) is 3.78. The van der Waals surface area contributed by atoms with E-state index in [0.29, 0.717) is 24.0 Å². The average Bonchev–Trinajstić information content (AvgIpc) is 3.24. The van der Waals surface area contributed by atoms with Crippen molar-refractivity contribution in [2.75, 3.05) is 26.5 Å². The number of hydrogen-bond donors (Lipinski definition) is 0. The highest BCUT2D eigenvalue weighted by molar-refractivity contribution is 7.99. The number of amides is 1. The Morgan fingerprint density at radius 2 is 1.84 bits per heavy atom. The van der Waals surface area contributed by atoms with Crippen LogP contribution in [0.3, 0.4) is 0 Å². The van der Waals surface area contributed by atoms with Crippen LogP contribution in [-0.2, 0) is 17.8 Å². The third-order valence-corrected chi connectivity index (χ3v) is 6.32. The number of hydrogen-bond acceptors (Lipinski definition) is 7. The molecular weight excluding hydrogens is 414 g/mol. The highest BCUT2D eigenvalue weighted by Gasteiger charge is 2.23. The van der Waals surface area contributed by atoms with Crippen molar-refractivity contribution in [2.24, 2.45) is 0 Å². The fraction of sp³-hybridized carbons (Fsp3) is 0.364. The van der Waals surface area contributed by atoms with Crippen LogP contribution in [0.5, 0.6) is 11.5 Å². The van der Waals surface area contributed by atoms with E-state index in [9.17, 15) is 4.79 Å². The number of aromatic nitrogens is 4. The Morgan fingerprint density at radius 3 is 2.55 bits per heavy atom. The van der Waals surface area contributed by atoms with Gasteiger partial charge in [0.25, 0.3) is 0 Å². The van der Waals surface area contributed by atoms with Crippen molar-refractivity contribution in [1.29, 1.82) is 0 Å². The first kappa shape index (κ1) is 21.2. The third kappa shape index (κ3) is 4.36. The average molecular weight is 440 g/mol. The Hall–Kier alpha value is -3.07. The van der Waals surface area contributed by atoms with Crippen molar-refractivity contribution in [3.8, 4) is 17.2 Å². The Morgan fingerprint density at radius 1 is 1.10 bits per heavy atom. The maximum atomic E-state index is 12.9. The van der Waals surface area contributed by atoms with E-state index in [1.54, 1.807) is 18.9 Å². The topological polar surface area (TPSA) is 82.4 Å². The Labute approximate surface area is 185 Å². The molecule has 0 saturated heterocycles. The van der Waals surface area contributed by atoms with E-state index in [4.69, 9.17) is 9.47 Å². The molecule has 0 N–H and O–H groups in total. The molecule has 8 nitrogen and oxygen atoms in total. The summed E-state index contributed by atoms with van der Waals surface area (Å²) in [6, 6.07) is 10.1. The molecule has 1 aromatic heterocycles. The first-order chi connectivity index (χ1) is 15.0. The molecule has 0 radical (unpaired) electrons. The number of aryl methyl sites for hydroxylation is 2. The van der Waals surface area contributed by atoms with Crippen molar-refractivity contribution in [3.63, 3.8) is 0 Å². The number of tetrazole rings is 1. The van der Waals surface area contributed by atoms with Gasteiger partial charge in [-0.05, 0) is 65.6 Å². The van der Waals surface area contributed by atoms with Crippen LogP contribution in [0.2, 0.25) is 0 Å². The molecule has 0 fully saturated rings. The van der Waals surface area contributed by atoms with Crippen LogP contribution >= 0.6 is 11.8 Å². The number of carbonyl (C=O) groups is 1. The monoisotopic (exact) mass is 439 g/mol. The van der Waals surface area contributed by atoms with Gasteiger partial charge >= 0.3 is 0 Å². The number of methoxy groups -OCH3 is 2. The summed E-state index contributed by atoms with van der Waals surface area (Å²) in [6.45, 7) is 5.30. The highest BCUT2D eigenvalue weighted by atomic mass is 32.2. The van der Waals surface area contributed by atoms with Gasteiger partial charge in [-0.1, -0.05) is 29.5 Å². The number of rotatable bonds is 6. The molecule has 0 aliphatic carbocycles. The highest BCUT2D eigenvalue weighted by Crippen LogP contribution is 2.33. The first-order valence-corrected chi connectivity index (χ1v) is 11.0. The number of carbonyl (C=O) groups excluding carboxylic acids is 1. The summed E-state index contributed by atoms with van der Waals surface area (Å²) in [5.74, 6) is 1.72. The lowest BCUT2D eigenvalue weighted by Gasteiger charge is -2.29. The van der Waals surface area contributed by atoms with Gasteiger partial charge in [0.1, 0.15) is 0 Å². The summed E-state index contributed by atoms with van der Waals surface area (Å²) in [6.07, 6.45) is 0.784. The zero-order valence-corrected chi connectivity index (χ0v) is 18.9. The van der Waals surface area contributed by atoms with Crippen LogP contribution in [0.25, 0.3) is 5.69 Å². The maximum absolute atomic E-state index is 12.9. The molecule has 31 heavy (non-hydrogen) atoms. The third-order valence-electron chi connectivity index (χ3n) is 5.42. The summed E-state index contributed by atoms with van der Waals surface area (Å²) in [5, 5.41) is 12.6. The number of benzene rings is 2. The largest absolute Gasteiger partial charge is 0.493 e. The second-order valence-corrected chi connectivity index (χ2v) is 8.44. The predicted octanol–water partition coefficient (Wildman–Crippen LogP) is 2.97. The quantitative estimate of drug-likeness (QED) is 0.546. The molecule has 1 aliphatic heterocycles. The summed E-state index contributed by atoms with van der Waals surface area (Å²) in [4.78, 5) is 14.8. The normalized spacial score (nSPS) is 13.1. The van der Waals surface area contributed by atoms with Crippen LogP contribution < -0.4 is 9.47 Å². The number of ether oxygens (including phenoxy) is 2. The Bertz CT molecular complexity index is 1110. The van der Waals surface area contributed by atoms with Crippen LogP contribution in [0, 0.1) is 13.8 Å². The minimum absolute atomic E-state index is 0.0561. The van der Waals surface area contributed by atoms with E-state index in [2.05, 4.69) is 21.6 Å². The molecule has 2 aromatic carbocycles. The molecular formula is C22H25N5O3S. The minimum Gasteiger partial charge on any atom is -0.493 e. The van der Waals surface area contributed by atoms with Crippen molar-refractivity contribution in [2.45, 2.75) is 32.0 Å². The summed E-state index contributed by atoms with van der Waals surface area (Å²) >= 11 is 1.35. The number of fused-ring (bicyclic) bond motifs is 1. The molecule has 1 aliphatic rings. The molecule has 0 atom stereocenters. The molecule has 0 bridgehead atoms. The standard InChI is InChI=1S/C22H25N5O3S/c1-14-5-6-18(15(2)9-14)27-22(23-24-25-27)31-13-21(28)26-8-7-16-10-19(29-3)20(30-4)11-17(16)12-26/h5-6,9-11H,7-8,12-13H2,1-4H3. The van der Waals surface area contributed by atoms with E-state index < -0.39 is 0 Å². The second kappa shape index (κ2) is 8.97. The van der Waals surface area contributed by atoms with Crippen molar-refractivity contribution in [1.82, 2.24) is 25.1 Å². The first-order valence-electron chi connectivity index (χ1n) is 10.0. The smallest absolute Gasteiger partial charge is 0.233 e. The van der Waals surface area contributed by atoms with Gasteiger partial charge in [-0.25, -0.2) is 0 Å². The SMILES string of the molecule is COc1cc2c(cc1OC)CN(C(=O)CSc1nnnn1-c1ccc(C)cc1C)CC2. The van der Waals surface area contributed by atoms with Gasteiger partial charge < -0.3 is 14.4 Å². The second-order valence-electron chi connectivity index (χ2n) is 7.49. The van der Waals surface area contributed by atoms with Gasteiger partial charge in [-0.2, -0.15) is 4.68 Å². The van der Waals surface area contributed by atoms with E-state index >= 15 is 0 Å². The maximum Gasteiger partial charge on any atom is 0.233 e.